The van der Waals surface area contributed by atoms with Crippen molar-refractivity contribution >= 4 is 17.8 Å². The summed E-state index contributed by atoms with van der Waals surface area (Å²) in [5, 5.41) is 2.72. The number of para-hydroxylation sites is 2. The number of carbonyl (C=O) groups is 3. The summed E-state index contributed by atoms with van der Waals surface area (Å²) < 4.78 is 16.1. The molecular weight excluding hydrogens is 424 g/mol. The zero-order chi connectivity index (χ0) is 23.9. The summed E-state index contributed by atoms with van der Waals surface area (Å²) in [6, 6.07) is 6.13. The van der Waals surface area contributed by atoms with Gasteiger partial charge in [0.2, 0.25) is 5.91 Å². The van der Waals surface area contributed by atoms with Gasteiger partial charge in [-0.15, -0.1) is 0 Å². The van der Waals surface area contributed by atoms with Gasteiger partial charge in [-0.3, -0.25) is 14.4 Å². The number of hydrogen-bond acceptors (Lipinski definition) is 6. The molecule has 0 bridgehead atoms. The number of esters is 1. The summed E-state index contributed by atoms with van der Waals surface area (Å²) in [4.78, 5) is 38.8. The van der Waals surface area contributed by atoms with Crippen LogP contribution in [0.4, 0.5) is 0 Å². The zero-order valence-electron chi connectivity index (χ0n) is 20.0. The van der Waals surface area contributed by atoms with Crippen molar-refractivity contribution in [2.24, 2.45) is 0 Å². The molecule has 1 heterocycles. The Bertz CT molecular complexity index is 754. The van der Waals surface area contributed by atoms with E-state index in [0.29, 0.717) is 31.2 Å². The molecule has 0 aromatic heterocycles. The van der Waals surface area contributed by atoms with E-state index in [9.17, 15) is 14.4 Å². The van der Waals surface area contributed by atoms with Crippen LogP contribution in [0.15, 0.2) is 24.3 Å². The van der Waals surface area contributed by atoms with E-state index in [1.165, 1.54) is 44.1 Å². The molecule has 2 amide bonds. The second-order valence-corrected chi connectivity index (χ2v) is 8.23. The molecule has 1 aliphatic heterocycles. The molecule has 33 heavy (non-hydrogen) atoms. The third kappa shape index (κ3) is 9.32. The Hall–Kier alpha value is -2.77. The van der Waals surface area contributed by atoms with E-state index in [2.05, 4.69) is 12.2 Å². The van der Waals surface area contributed by atoms with Crippen LogP contribution >= 0.6 is 0 Å². The van der Waals surface area contributed by atoms with E-state index in [4.69, 9.17) is 14.2 Å². The minimum atomic E-state index is -0.890. The van der Waals surface area contributed by atoms with Gasteiger partial charge >= 0.3 is 5.97 Å². The van der Waals surface area contributed by atoms with Gasteiger partial charge < -0.3 is 24.4 Å². The van der Waals surface area contributed by atoms with Gasteiger partial charge in [-0.1, -0.05) is 64.0 Å². The predicted octanol–water partition coefficient (Wildman–Crippen LogP) is 3.48. The summed E-state index contributed by atoms with van der Waals surface area (Å²) in [5.41, 5.74) is 0. The summed E-state index contributed by atoms with van der Waals surface area (Å²) in [6.45, 7) is 2.94. The van der Waals surface area contributed by atoms with Crippen molar-refractivity contribution < 1.29 is 28.6 Å². The van der Waals surface area contributed by atoms with Crippen LogP contribution in [0.1, 0.15) is 64.7 Å². The van der Waals surface area contributed by atoms with Gasteiger partial charge in [0.15, 0.2) is 18.1 Å². The van der Waals surface area contributed by atoms with Crippen molar-refractivity contribution in [3.8, 4) is 11.5 Å². The first-order valence-electron chi connectivity index (χ1n) is 12.1. The van der Waals surface area contributed by atoms with Gasteiger partial charge in [-0.05, 0) is 18.6 Å². The molecule has 0 radical (unpaired) electrons. The molecule has 184 valence electrons. The van der Waals surface area contributed by atoms with Crippen LogP contribution in [-0.2, 0) is 19.1 Å². The highest BCUT2D eigenvalue weighted by Crippen LogP contribution is 2.25. The number of benzene rings is 1. The van der Waals surface area contributed by atoms with Crippen molar-refractivity contribution in [3.63, 3.8) is 0 Å². The molecule has 8 heteroatoms. The maximum absolute atomic E-state index is 12.8. The normalized spacial score (nSPS) is 15.6. The molecule has 1 saturated heterocycles. The number of rotatable bonds is 15. The Morgan fingerprint density at radius 3 is 2.39 bits per heavy atom. The molecule has 1 N–H and O–H groups in total. The number of amides is 2. The average molecular weight is 463 g/mol. The summed E-state index contributed by atoms with van der Waals surface area (Å²) >= 11 is 0. The number of nitrogens with one attached hydrogen (secondary N) is 1. The van der Waals surface area contributed by atoms with Gasteiger partial charge in [0, 0.05) is 13.1 Å². The van der Waals surface area contributed by atoms with E-state index in [0.717, 1.165) is 19.3 Å². The highest BCUT2D eigenvalue weighted by molar-refractivity contribution is 5.92. The topological polar surface area (TPSA) is 94.2 Å². The number of nitrogens with zero attached hydrogens (tertiary/aromatic N) is 1. The molecule has 2 rings (SSSR count). The highest BCUT2D eigenvalue weighted by Gasteiger charge is 2.35. The zero-order valence-corrected chi connectivity index (χ0v) is 20.0. The predicted molar refractivity (Wildman–Crippen MR) is 125 cm³/mol. The van der Waals surface area contributed by atoms with E-state index in [-0.39, 0.29) is 24.8 Å². The first-order valence-corrected chi connectivity index (χ1v) is 12.1. The lowest BCUT2D eigenvalue weighted by molar-refractivity contribution is -0.152. The monoisotopic (exact) mass is 462 g/mol. The molecule has 1 atom stereocenters. The van der Waals surface area contributed by atoms with Gasteiger partial charge in [-0.2, -0.15) is 0 Å². The fraction of sp³-hybridized carbons (Fsp3) is 0.640. The summed E-state index contributed by atoms with van der Waals surface area (Å²) in [5.74, 6) is -0.227. The average Bonchev–Trinajstić information content (AvgIpc) is 2.83. The van der Waals surface area contributed by atoms with Crippen molar-refractivity contribution in [3.05, 3.63) is 24.3 Å². The maximum Gasteiger partial charge on any atom is 0.308 e. The number of unbranched alkanes of at least 4 members (excludes halogenated alkanes) is 7. The first kappa shape index (κ1) is 26.5. The molecule has 0 aliphatic carbocycles. The molecule has 1 unspecified atom stereocenters. The van der Waals surface area contributed by atoms with Crippen LogP contribution in [0.3, 0.4) is 0 Å². The third-order valence-electron chi connectivity index (χ3n) is 5.69. The lowest BCUT2D eigenvalue weighted by Crippen LogP contribution is -2.58. The van der Waals surface area contributed by atoms with E-state index < -0.39 is 12.0 Å². The third-order valence-corrected chi connectivity index (χ3v) is 5.69. The molecule has 1 aromatic rings. The molecule has 0 saturated carbocycles. The Kier molecular flexibility index (Phi) is 12.1. The van der Waals surface area contributed by atoms with Crippen molar-refractivity contribution in [1.29, 1.82) is 0 Å². The van der Waals surface area contributed by atoms with Gasteiger partial charge in [0.05, 0.1) is 20.1 Å². The minimum Gasteiger partial charge on any atom is -0.493 e. The van der Waals surface area contributed by atoms with Crippen molar-refractivity contribution in [2.75, 3.05) is 33.4 Å². The highest BCUT2D eigenvalue weighted by atomic mass is 16.5. The maximum atomic E-state index is 12.8. The van der Waals surface area contributed by atoms with Gasteiger partial charge in [-0.25, -0.2) is 0 Å². The molecule has 1 aromatic carbocycles. The summed E-state index contributed by atoms with van der Waals surface area (Å²) in [6.07, 6.45) is 9.10. The van der Waals surface area contributed by atoms with E-state index in [1.807, 2.05) is 0 Å². The fourth-order valence-electron chi connectivity index (χ4n) is 3.82. The summed E-state index contributed by atoms with van der Waals surface area (Å²) in [7, 11) is 1.52. The number of methoxy groups -OCH3 is 1. The van der Waals surface area contributed by atoms with Gasteiger partial charge in [0.25, 0.3) is 5.91 Å². The smallest absolute Gasteiger partial charge is 0.308 e. The van der Waals surface area contributed by atoms with Gasteiger partial charge in [0.1, 0.15) is 6.04 Å². The lowest BCUT2D eigenvalue weighted by atomic mass is 10.1. The SMILES string of the molecule is CCCCCCCCCCOC(=O)CC1C(=O)NCCN1C(=O)COc1ccccc1OC. The van der Waals surface area contributed by atoms with Crippen molar-refractivity contribution in [1.82, 2.24) is 10.2 Å². The molecule has 0 spiro atoms. The first-order chi connectivity index (χ1) is 16.1. The molecule has 8 nitrogen and oxygen atoms in total. The number of carbonyl (C=O) groups excluding carboxylic acids is 3. The number of hydrogen-bond donors (Lipinski definition) is 1. The Balaban J connectivity index is 1.75. The van der Waals surface area contributed by atoms with E-state index >= 15 is 0 Å². The lowest BCUT2D eigenvalue weighted by Gasteiger charge is -2.34. The number of ether oxygens (including phenoxy) is 3. The Morgan fingerprint density at radius 1 is 1.03 bits per heavy atom. The molecule has 1 aliphatic rings. The second kappa shape index (κ2) is 15.1. The number of piperazine rings is 1. The minimum absolute atomic E-state index is 0.163. The standard InChI is InChI=1S/C25H38N2O6/c1-3-4-5-6-7-8-9-12-17-32-24(29)18-20-25(30)26-15-16-27(20)23(28)19-33-22-14-11-10-13-21(22)31-2/h10-11,13-14,20H,3-9,12,15-19H2,1-2H3,(H,26,30). The van der Waals surface area contributed by atoms with Crippen LogP contribution in [0, 0.1) is 0 Å². The quantitative estimate of drug-likeness (QED) is 0.317. The van der Waals surface area contributed by atoms with Crippen LogP contribution in [0.2, 0.25) is 0 Å². The van der Waals surface area contributed by atoms with Crippen LogP contribution in [0.5, 0.6) is 11.5 Å². The second-order valence-electron chi connectivity index (χ2n) is 8.23. The fourth-order valence-corrected chi connectivity index (χ4v) is 3.82. The van der Waals surface area contributed by atoms with Crippen molar-refractivity contribution in [2.45, 2.75) is 70.8 Å². The van der Waals surface area contributed by atoms with Crippen LogP contribution < -0.4 is 14.8 Å². The Labute approximate surface area is 196 Å². The van der Waals surface area contributed by atoms with E-state index in [1.54, 1.807) is 24.3 Å². The molecular formula is C25H38N2O6. The molecule has 1 fully saturated rings. The van der Waals surface area contributed by atoms with Crippen LogP contribution in [0.25, 0.3) is 0 Å². The van der Waals surface area contributed by atoms with Crippen LogP contribution in [-0.4, -0.2) is 62.1 Å². The largest absolute Gasteiger partial charge is 0.493 e. The Morgan fingerprint density at radius 2 is 1.70 bits per heavy atom.